The molecule has 0 fully saturated rings. The maximum atomic E-state index is 14.9. The summed E-state index contributed by atoms with van der Waals surface area (Å²) < 4.78 is 14.9. The smallest absolute Gasteiger partial charge is 0.254 e. The van der Waals surface area contributed by atoms with Crippen molar-refractivity contribution < 1.29 is 14.3 Å². The van der Waals surface area contributed by atoms with Gasteiger partial charge in [-0.2, -0.15) is 0 Å². The molecule has 0 heterocycles. The van der Waals surface area contributed by atoms with Crippen molar-refractivity contribution >= 4 is 5.91 Å². The monoisotopic (exact) mass is 494 g/mol. The van der Waals surface area contributed by atoms with Crippen LogP contribution in [0.1, 0.15) is 44.2 Å². The van der Waals surface area contributed by atoms with E-state index in [2.05, 4.69) is 47.9 Å². The minimum absolute atomic E-state index is 0.0331. The Labute approximate surface area is 217 Å². The van der Waals surface area contributed by atoms with E-state index >= 15 is 0 Å². The van der Waals surface area contributed by atoms with Gasteiger partial charge in [0.25, 0.3) is 5.91 Å². The molecule has 0 saturated heterocycles. The van der Waals surface area contributed by atoms with Gasteiger partial charge in [0.2, 0.25) is 0 Å². The first-order valence-electron chi connectivity index (χ1n) is 12.7. The fraction of sp³-hybridized carbons (Fsp3) is 0.219. The molecule has 3 N–H and O–H groups in total. The molecule has 188 valence electrons. The molecule has 0 aliphatic heterocycles. The lowest BCUT2D eigenvalue weighted by molar-refractivity contribution is 0.0854. The first kappa shape index (κ1) is 24.9. The number of amides is 1. The Bertz CT molecular complexity index is 1390. The number of rotatable bonds is 8. The molecule has 0 aromatic heterocycles. The Balaban J connectivity index is 1.23. The van der Waals surface area contributed by atoms with E-state index in [0.29, 0.717) is 18.5 Å². The van der Waals surface area contributed by atoms with Crippen LogP contribution in [0.3, 0.4) is 0 Å². The topological polar surface area (TPSA) is 61.4 Å². The number of aryl methyl sites for hydroxylation is 1. The van der Waals surface area contributed by atoms with E-state index in [-0.39, 0.29) is 5.56 Å². The van der Waals surface area contributed by atoms with Crippen LogP contribution in [-0.4, -0.2) is 23.7 Å². The molecule has 0 bridgehead atoms. The molecule has 5 heteroatoms. The first-order valence-corrected chi connectivity index (χ1v) is 12.7. The summed E-state index contributed by atoms with van der Waals surface area (Å²) in [5, 5.41) is 17.0. The average molecular weight is 495 g/mol. The largest absolute Gasteiger partial charge is 0.390 e. The number of halogens is 1. The van der Waals surface area contributed by atoms with Crippen molar-refractivity contribution in [2.24, 2.45) is 0 Å². The summed E-state index contributed by atoms with van der Waals surface area (Å²) in [4.78, 5) is 13.0. The van der Waals surface area contributed by atoms with Crippen LogP contribution in [-0.2, 0) is 19.4 Å². The first-order chi connectivity index (χ1) is 18.0. The van der Waals surface area contributed by atoms with Crippen LogP contribution in [0, 0.1) is 12.7 Å². The lowest BCUT2D eigenvalue weighted by Gasteiger charge is -2.19. The minimum Gasteiger partial charge on any atom is -0.390 e. The number of carbonyl (C=O) groups is 1. The zero-order chi connectivity index (χ0) is 25.8. The minimum atomic E-state index is -0.754. The zero-order valence-electron chi connectivity index (χ0n) is 20.9. The standard InChI is InChI=1S/C32H31FN2O2/c1-21-7-9-22(10-8-21)15-16-34-20-23-11-12-26-19-30(36)31(28(26)17-23)35-32(37)27-14-13-25(18-29(27)33)24-5-3-2-4-6-24/h2-14,17-18,30-31,34,36H,15-16,19-20H2,1H3,(H,35,37)/t30-,31-/m1/s1. The normalized spacial score (nSPS) is 16.4. The van der Waals surface area contributed by atoms with Crippen LogP contribution in [0.2, 0.25) is 0 Å². The summed E-state index contributed by atoms with van der Waals surface area (Å²) in [6.45, 7) is 3.62. The van der Waals surface area contributed by atoms with Crippen molar-refractivity contribution in [3.8, 4) is 11.1 Å². The Morgan fingerprint density at radius 1 is 0.919 bits per heavy atom. The molecule has 37 heavy (non-hydrogen) atoms. The Morgan fingerprint density at radius 3 is 2.43 bits per heavy atom. The predicted octanol–water partition coefficient (Wildman–Crippen LogP) is 5.52. The van der Waals surface area contributed by atoms with Gasteiger partial charge < -0.3 is 15.7 Å². The lowest BCUT2D eigenvalue weighted by Crippen LogP contribution is -2.34. The van der Waals surface area contributed by atoms with Crippen LogP contribution in [0.15, 0.2) is 91.0 Å². The Morgan fingerprint density at radius 2 is 1.68 bits per heavy atom. The maximum Gasteiger partial charge on any atom is 0.254 e. The quantitative estimate of drug-likeness (QED) is 0.283. The van der Waals surface area contributed by atoms with Gasteiger partial charge in [-0.05, 0) is 65.4 Å². The summed E-state index contributed by atoms with van der Waals surface area (Å²) in [5.74, 6) is -1.12. The number of carbonyl (C=O) groups excluding carboxylic acids is 1. The van der Waals surface area contributed by atoms with Crippen LogP contribution in [0.25, 0.3) is 11.1 Å². The van der Waals surface area contributed by atoms with Crippen molar-refractivity contribution in [1.29, 1.82) is 0 Å². The molecule has 4 aromatic rings. The summed E-state index contributed by atoms with van der Waals surface area (Å²) in [7, 11) is 0. The summed E-state index contributed by atoms with van der Waals surface area (Å²) >= 11 is 0. The van der Waals surface area contributed by atoms with Gasteiger partial charge in [0, 0.05) is 13.0 Å². The highest BCUT2D eigenvalue weighted by Gasteiger charge is 2.33. The van der Waals surface area contributed by atoms with Gasteiger partial charge in [-0.15, -0.1) is 0 Å². The van der Waals surface area contributed by atoms with Gasteiger partial charge in [-0.25, -0.2) is 4.39 Å². The van der Waals surface area contributed by atoms with Crippen molar-refractivity contribution in [2.45, 2.75) is 38.5 Å². The van der Waals surface area contributed by atoms with E-state index in [4.69, 9.17) is 0 Å². The second-order valence-corrected chi connectivity index (χ2v) is 9.73. The van der Waals surface area contributed by atoms with E-state index < -0.39 is 23.9 Å². The van der Waals surface area contributed by atoms with Crippen LogP contribution >= 0.6 is 0 Å². The predicted molar refractivity (Wildman–Crippen MR) is 145 cm³/mol. The van der Waals surface area contributed by atoms with Crippen LogP contribution in [0.5, 0.6) is 0 Å². The molecule has 1 amide bonds. The summed E-state index contributed by atoms with van der Waals surface area (Å²) in [6.07, 6.45) is 0.643. The lowest BCUT2D eigenvalue weighted by atomic mass is 10.0. The molecule has 1 aliphatic carbocycles. The third-order valence-electron chi connectivity index (χ3n) is 7.01. The van der Waals surface area contributed by atoms with E-state index in [1.165, 1.54) is 23.3 Å². The number of hydrogen-bond acceptors (Lipinski definition) is 3. The summed E-state index contributed by atoms with van der Waals surface area (Å²) in [6, 6.07) is 28.2. The van der Waals surface area contributed by atoms with Gasteiger partial charge in [-0.3, -0.25) is 4.79 Å². The van der Waals surface area contributed by atoms with E-state index in [1.54, 1.807) is 6.07 Å². The highest BCUT2D eigenvalue weighted by molar-refractivity contribution is 5.95. The number of nitrogens with one attached hydrogen (secondary N) is 2. The van der Waals surface area contributed by atoms with Gasteiger partial charge in [0.1, 0.15) is 5.82 Å². The average Bonchev–Trinajstić information content (AvgIpc) is 3.22. The van der Waals surface area contributed by atoms with Gasteiger partial charge >= 0.3 is 0 Å². The van der Waals surface area contributed by atoms with E-state index in [1.807, 2.05) is 42.5 Å². The molecule has 0 radical (unpaired) electrons. The highest BCUT2D eigenvalue weighted by Crippen LogP contribution is 2.33. The number of fused-ring (bicyclic) bond motifs is 1. The number of aliphatic hydroxyl groups excluding tert-OH is 1. The number of benzene rings is 4. The van der Waals surface area contributed by atoms with Crippen molar-refractivity contribution in [3.05, 3.63) is 130 Å². The SMILES string of the molecule is Cc1ccc(CCNCc2ccc3c(c2)[C@@H](NC(=O)c2ccc(-c4ccccc4)cc2F)[C@H](O)C3)cc1. The molecule has 0 unspecified atom stereocenters. The van der Waals surface area contributed by atoms with Crippen molar-refractivity contribution in [1.82, 2.24) is 10.6 Å². The molecule has 4 nitrogen and oxygen atoms in total. The molecule has 4 aromatic carbocycles. The highest BCUT2D eigenvalue weighted by atomic mass is 19.1. The van der Waals surface area contributed by atoms with Crippen LogP contribution < -0.4 is 10.6 Å². The van der Waals surface area contributed by atoms with E-state index in [9.17, 15) is 14.3 Å². The van der Waals surface area contributed by atoms with Gasteiger partial charge in [-0.1, -0.05) is 84.4 Å². The molecule has 0 spiro atoms. The fourth-order valence-electron chi connectivity index (χ4n) is 4.90. The third kappa shape index (κ3) is 5.79. The molecule has 2 atom stereocenters. The van der Waals surface area contributed by atoms with Crippen molar-refractivity contribution in [3.63, 3.8) is 0 Å². The zero-order valence-corrected chi connectivity index (χ0v) is 20.9. The second kappa shape index (κ2) is 11.1. The van der Waals surface area contributed by atoms with Crippen molar-refractivity contribution in [2.75, 3.05) is 6.54 Å². The molecular formula is C32H31FN2O2. The number of aliphatic hydroxyl groups is 1. The Hall–Kier alpha value is -3.80. The van der Waals surface area contributed by atoms with Crippen LogP contribution in [0.4, 0.5) is 4.39 Å². The summed E-state index contributed by atoms with van der Waals surface area (Å²) in [5.41, 5.74) is 7.08. The molecule has 0 saturated carbocycles. The second-order valence-electron chi connectivity index (χ2n) is 9.73. The maximum absolute atomic E-state index is 14.9. The Kier molecular flexibility index (Phi) is 7.45. The molecule has 1 aliphatic rings. The fourth-order valence-corrected chi connectivity index (χ4v) is 4.90. The van der Waals surface area contributed by atoms with Gasteiger partial charge in [0.15, 0.2) is 0 Å². The third-order valence-corrected chi connectivity index (χ3v) is 7.01. The van der Waals surface area contributed by atoms with E-state index in [0.717, 1.165) is 35.2 Å². The molecule has 5 rings (SSSR count). The molecular weight excluding hydrogens is 463 g/mol. The van der Waals surface area contributed by atoms with Gasteiger partial charge in [0.05, 0.1) is 17.7 Å². The number of hydrogen-bond donors (Lipinski definition) is 3.